The van der Waals surface area contributed by atoms with Gasteiger partial charge in [0, 0.05) is 40.4 Å². The van der Waals surface area contributed by atoms with Crippen molar-refractivity contribution in [3.05, 3.63) is 18.2 Å². The Hall–Kier alpha value is -2.37. The molecule has 0 spiro atoms. The molecular formula is C31H49N3O3. The van der Waals surface area contributed by atoms with Crippen molar-refractivity contribution in [2.45, 2.75) is 112 Å². The summed E-state index contributed by atoms with van der Waals surface area (Å²) >= 11 is 0. The normalized spacial score (nSPS) is 21.1. The molecule has 2 aliphatic rings. The Morgan fingerprint density at radius 2 is 1.35 bits per heavy atom. The summed E-state index contributed by atoms with van der Waals surface area (Å²) in [6.07, 6.45) is 9.15. The van der Waals surface area contributed by atoms with Crippen LogP contribution in [0, 0.1) is 29.6 Å². The van der Waals surface area contributed by atoms with Crippen LogP contribution < -0.4 is 15.5 Å². The van der Waals surface area contributed by atoms with Gasteiger partial charge in [0.15, 0.2) is 0 Å². The van der Waals surface area contributed by atoms with Gasteiger partial charge in [0.1, 0.15) is 0 Å². The molecular weight excluding hydrogens is 462 g/mol. The summed E-state index contributed by atoms with van der Waals surface area (Å²) in [6.45, 7) is 14.3. The van der Waals surface area contributed by atoms with E-state index in [1.807, 2.05) is 57.7 Å². The van der Waals surface area contributed by atoms with Crippen LogP contribution in [0.3, 0.4) is 0 Å². The van der Waals surface area contributed by atoms with E-state index < -0.39 is 5.54 Å². The first kappa shape index (κ1) is 29.2. The first-order chi connectivity index (χ1) is 17.4. The number of carbonyl (C=O) groups is 3. The van der Waals surface area contributed by atoms with Crippen LogP contribution in [0.5, 0.6) is 0 Å². The van der Waals surface area contributed by atoms with E-state index in [0.29, 0.717) is 28.9 Å². The zero-order chi connectivity index (χ0) is 27.3. The summed E-state index contributed by atoms with van der Waals surface area (Å²) in [4.78, 5) is 41.5. The molecule has 2 fully saturated rings. The van der Waals surface area contributed by atoms with Gasteiger partial charge in [0.25, 0.3) is 0 Å². The zero-order valence-corrected chi connectivity index (χ0v) is 24.2. The fourth-order valence-electron chi connectivity index (χ4n) is 5.84. The number of nitrogens with one attached hydrogen (secondary N) is 2. The summed E-state index contributed by atoms with van der Waals surface area (Å²) in [5, 5.41) is 6.13. The van der Waals surface area contributed by atoms with Gasteiger partial charge >= 0.3 is 0 Å². The Morgan fingerprint density at radius 1 is 0.784 bits per heavy atom. The topological polar surface area (TPSA) is 78.5 Å². The predicted molar refractivity (Wildman–Crippen MR) is 153 cm³/mol. The van der Waals surface area contributed by atoms with Crippen molar-refractivity contribution in [3.8, 4) is 0 Å². The highest BCUT2D eigenvalue weighted by molar-refractivity contribution is 6.00. The van der Waals surface area contributed by atoms with Crippen LogP contribution in [0.25, 0.3) is 0 Å². The molecule has 0 bridgehead atoms. The minimum atomic E-state index is -0.453. The quantitative estimate of drug-likeness (QED) is 0.400. The van der Waals surface area contributed by atoms with Crippen LogP contribution in [0.2, 0.25) is 0 Å². The lowest BCUT2D eigenvalue weighted by Crippen LogP contribution is -2.49. The molecule has 3 rings (SSSR count). The number of hydrogen-bond acceptors (Lipinski definition) is 3. The fourth-order valence-corrected chi connectivity index (χ4v) is 5.84. The Bertz CT molecular complexity index is 949. The number of hydrogen-bond donors (Lipinski definition) is 2. The van der Waals surface area contributed by atoms with Crippen molar-refractivity contribution in [1.82, 2.24) is 0 Å². The number of amides is 3. The van der Waals surface area contributed by atoms with Crippen LogP contribution in [-0.2, 0) is 14.4 Å². The average molecular weight is 512 g/mol. The number of rotatable bonds is 7. The molecule has 6 heteroatoms. The molecule has 2 aliphatic carbocycles. The second-order valence-corrected chi connectivity index (χ2v) is 12.9. The Balaban J connectivity index is 1.90. The molecule has 0 saturated heterocycles. The monoisotopic (exact) mass is 511 g/mol. The highest BCUT2D eigenvalue weighted by Crippen LogP contribution is 2.37. The lowest BCUT2D eigenvalue weighted by Gasteiger charge is -2.39. The van der Waals surface area contributed by atoms with Gasteiger partial charge in [-0.05, 0) is 89.3 Å². The number of anilines is 3. The van der Waals surface area contributed by atoms with Crippen molar-refractivity contribution in [3.63, 3.8) is 0 Å². The first-order valence-electron chi connectivity index (χ1n) is 14.5. The van der Waals surface area contributed by atoms with E-state index in [9.17, 15) is 14.4 Å². The van der Waals surface area contributed by atoms with Gasteiger partial charge in [0.05, 0.1) is 0 Å². The van der Waals surface area contributed by atoms with E-state index in [2.05, 4.69) is 24.5 Å². The SMILES string of the molecule is CC(C)C(=O)Nc1cc(NC(=O)[C@H]2CC[C@@H](C(C)C)CC2)cc(N(C(=O)C2CCCCC2)C(C)(C)C)c1. The maximum atomic E-state index is 13.8. The third kappa shape index (κ3) is 7.81. The largest absolute Gasteiger partial charge is 0.326 e. The van der Waals surface area contributed by atoms with Gasteiger partial charge in [-0.1, -0.05) is 47.0 Å². The van der Waals surface area contributed by atoms with Gasteiger partial charge in [-0.3, -0.25) is 14.4 Å². The van der Waals surface area contributed by atoms with E-state index in [0.717, 1.165) is 51.4 Å². The van der Waals surface area contributed by atoms with Crippen molar-refractivity contribution < 1.29 is 14.4 Å². The summed E-state index contributed by atoms with van der Waals surface area (Å²) in [5.74, 6) is 1.23. The Labute approximate surface area is 224 Å². The molecule has 2 N–H and O–H groups in total. The van der Waals surface area contributed by atoms with Crippen molar-refractivity contribution >= 4 is 34.8 Å². The molecule has 0 heterocycles. The fraction of sp³-hybridized carbons (Fsp3) is 0.710. The minimum Gasteiger partial charge on any atom is -0.326 e. The van der Waals surface area contributed by atoms with E-state index in [1.54, 1.807) is 0 Å². The predicted octanol–water partition coefficient (Wildman–Crippen LogP) is 7.39. The van der Waals surface area contributed by atoms with Crippen LogP contribution in [0.1, 0.15) is 106 Å². The van der Waals surface area contributed by atoms with Crippen LogP contribution in [-0.4, -0.2) is 23.3 Å². The van der Waals surface area contributed by atoms with Crippen LogP contribution in [0.4, 0.5) is 17.1 Å². The van der Waals surface area contributed by atoms with E-state index in [-0.39, 0.29) is 35.5 Å². The average Bonchev–Trinajstić information content (AvgIpc) is 2.83. The van der Waals surface area contributed by atoms with E-state index in [1.165, 1.54) is 6.42 Å². The van der Waals surface area contributed by atoms with E-state index in [4.69, 9.17) is 0 Å². The number of nitrogens with zero attached hydrogens (tertiary/aromatic N) is 1. The molecule has 2 saturated carbocycles. The van der Waals surface area contributed by atoms with Gasteiger partial charge in [-0.15, -0.1) is 0 Å². The molecule has 206 valence electrons. The molecule has 0 radical (unpaired) electrons. The summed E-state index contributed by atoms with van der Waals surface area (Å²) in [5.41, 5.74) is 1.48. The van der Waals surface area contributed by atoms with Crippen molar-refractivity contribution in [2.24, 2.45) is 29.6 Å². The Kier molecular flexibility index (Phi) is 9.82. The summed E-state index contributed by atoms with van der Waals surface area (Å²) in [7, 11) is 0. The van der Waals surface area contributed by atoms with Gasteiger partial charge in [-0.25, -0.2) is 0 Å². The molecule has 0 unspecified atom stereocenters. The van der Waals surface area contributed by atoms with Crippen molar-refractivity contribution in [1.29, 1.82) is 0 Å². The van der Waals surface area contributed by atoms with Crippen LogP contribution in [0.15, 0.2) is 18.2 Å². The van der Waals surface area contributed by atoms with Gasteiger partial charge in [-0.2, -0.15) is 0 Å². The second kappa shape index (κ2) is 12.4. The molecule has 37 heavy (non-hydrogen) atoms. The minimum absolute atomic E-state index is 0.00467. The second-order valence-electron chi connectivity index (χ2n) is 12.9. The standard InChI is InChI=1S/C31H49N3O3/c1-20(2)22-13-15-23(16-14-22)29(36)33-26-17-25(32-28(35)21(3)4)18-27(19-26)34(31(5,6)7)30(37)24-11-9-8-10-12-24/h17-24H,8-16H2,1-7H3,(H,32,35)(H,33,36)/t22-,23+. The third-order valence-corrected chi connectivity index (χ3v) is 8.17. The lowest BCUT2D eigenvalue weighted by molar-refractivity contribution is -0.124. The van der Waals surface area contributed by atoms with Crippen molar-refractivity contribution in [2.75, 3.05) is 15.5 Å². The first-order valence-corrected chi connectivity index (χ1v) is 14.5. The third-order valence-electron chi connectivity index (χ3n) is 8.17. The molecule has 0 aliphatic heterocycles. The Morgan fingerprint density at radius 3 is 1.86 bits per heavy atom. The molecule has 1 aromatic rings. The summed E-state index contributed by atoms with van der Waals surface area (Å²) in [6, 6.07) is 5.58. The molecule has 0 aromatic heterocycles. The van der Waals surface area contributed by atoms with Crippen LogP contribution >= 0.6 is 0 Å². The number of benzene rings is 1. The lowest BCUT2D eigenvalue weighted by atomic mass is 9.76. The highest BCUT2D eigenvalue weighted by Gasteiger charge is 2.34. The van der Waals surface area contributed by atoms with Gasteiger partial charge < -0.3 is 15.5 Å². The molecule has 6 nitrogen and oxygen atoms in total. The molecule has 0 atom stereocenters. The maximum Gasteiger partial charge on any atom is 0.230 e. The summed E-state index contributed by atoms with van der Waals surface area (Å²) < 4.78 is 0. The smallest absolute Gasteiger partial charge is 0.230 e. The van der Waals surface area contributed by atoms with Gasteiger partial charge in [0.2, 0.25) is 17.7 Å². The number of carbonyl (C=O) groups excluding carboxylic acids is 3. The maximum absolute atomic E-state index is 13.8. The molecule has 3 amide bonds. The van der Waals surface area contributed by atoms with E-state index >= 15 is 0 Å². The molecule has 1 aromatic carbocycles. The zero-order valence-electron chi connectivity index (χ0n) is 24.2. The highest BCUT2D eigenvalue weighted by atomic mass is 16.2.